The molecule has 10 heteroatoms. The maximum absolute atomic E-state index is 12.4. The van der Waals surface area contributed by atoms with Gasteiger partial charge in [-0.3, -0.25) is 15.0 Å². The molecule has 0 aliphatic carbocycles. The number of hydrogen-bond donors (Lipinski definition) is 1. The van der Waals surface area contributed by atoms with Gasteiger partial charge in [0.05, 0.1) is 16.9 Å². The van der Waals surface area contributed by atoms with Crippen molar-refractivity contribution in [2.24, 2.45) is 0 Å². The fraction of sp³-hybridized carbons (Fsp3) is 0.368. The Kier molecular flexibility index (Phi) is 7.59. The summed E-state index contributed by atoms with van der Waals surface area (Å²) in [5.41, 5.74) is 2.34. The molecule has 0 saturated carbocycles. The largest absolute Gasteiger partial charge is 0.497 e. The quantitative estimate of drug-likeness (QED) is 0.523. The van der Waals surface area contributed by atoms with Gasteiger partial charge in [-0.05, 0) is 48.7 Å². The summed E-state index contributed by atoms with van der Waals surface area (Å²) in [6.07, 6.45) is 0.881. The topological polar surface area (TPSA) is 102 Å². The minimum atomic E-state index is -3.71. The number of ether oxygens (including phenoxy) is 1. The number of nitro benzene ring substituents is 1. The first-order valence-corrected chi connectivity index (χ1v) is 10.4. The number of nitro groups is 1. The van der Waals surface area contributed by atoms with Gasteiger partial charge in [-0.25, -0.2) is 13.1 Å². The van der Waals surface area contributed by atoms with Crippen LogP contribution in [0.25, 0.3) is 0 Å². The molecule has 0 radical (unpaired) electrons. The first-order chi connectivity index (χ1) is 13.3. The molecule has 1 aliphatic rings. The minimum absolute atomic E-state index is 0. The van der Waals surface area contributed by atoms with Gasteiger partial charge in [0.1, 0.15) is 5.75 Å². The number of halogens is 1. The smallest absolute Gasteiger partial charge is 0.269 e. The Hall–Kier alpha value is -2.20. The van der Waals surface area contributed by atoms with E-state index in [-0.39, 0.29) is 35.6 Å². The molecule has 1 N–H and O–H groups in total. The molecule has 29 heavy (non-hydrogen) atoms. The van der Waals surface area contributed by atoms with Gasteiger partial charge in [0.25, 0.3) is 5.69 Å². The van der Waals surface area contributed by atoms with Crippen LogP contribution in [-0.4, -0.2) is 45.0 Å². The Morgan fingerprint density at radius 1 is 1.24 bits per heavy atom. The maximum atomic E-state index is 12.4. The van der Waals surface area contributed by atoms with Crippen molar-refractivity contribution >= 4 is 28.1 Å². The first-order valence-electron chi connectivity index (χ1n) is 8.97. The Labute approximate surface area is 176 Å². The Bertz CT molecular complexity index is 966. The van der Waals surface area contributed by atoms with E-state index in [4.69, 9.17) is 4.74 Å². The van der Waals surface area contributed by atoms with E-state index in [0.717, 1.165) is 18.7 Å². The lowest BCUT2D eigenvalue weighted by Crippen LogP contribution is -2.39. The molecule has 1 heterocycles. The Balaban J connectivity index is 0.00000300. The van der Waals surface area contributed by atoms with Gasteiger partial charge in [-0.2, -0.15) is 0 Å². The van der Waals surface area contributed by atoms with E-state index in [1.54, 1.807) is 7.11 Å². The number of non-ortho nitro benzene ring substituents is 1. The lowest BCUT2D eigenvalue weighted by atomic mass is 9.93. The van der Waals surface area contributed by atoms with Crippen molar-refractivity contribution in [3.05, 3.63) is 63.7 Å². The van der Waals surface area contributed by atoms with Crippen LogP contribution in [0.15, 0.2) is 47.4 Å². The molecule has 0 amide bonds. The van der Waals surface area contributed by atoms with Crippen LogP contribution in [0.3, 0.4) is 0 Å². The molecule has 0 fully saturated rings. The van der Waals surface area contributed by atoms with Crippen LogP contribution in [0.4, 0.5) is 5.69 Å². The molecular weight excluding hydrogens is 418 g/mol. The highest BCUT2D eigenvalue weighted by atomic mass is 35.5. The molecule has 158 valence electrons. The van der Waals surface area contributed by atoms with E-state index in [0.29, 0.717) is 6.54 Å². The van der Waals surface area contributed by atoms with E-state index in [2.05, 4.69) is 28.7 Å². The number of benzene rings is 2. The number of hydrogen-bond acceptors (Lipinski definition) is 6. The number of nitrogens with one attached hydrogen (secondary N) is 1. The monoisotopic (exact) mass is 441 g/mol. The number of rotatable bonds is 7. The molecule has 1 atom stereocenters. The zero-order valence-electron chi connectivity index (χ0n) is 16.2. The molecule has 1 unspecified atom stereocenters. The van der Waals surface area contributed by atoms with Crippen LogP contribution < -0.4 is 9.46 Å². The molecule has 3 rings (SSSR count). The summed E-state index contributed by atoms with van der Waals surface area (Å²) >= 11 is 0. The van der Waals surface area contributed by atoms with Crippen molar-refractivity contribution in [1.29, 1.82) is 0 Å². The predicted molar refractivity (Wildman–Crippen MR) is 112 cm³/mol. The van der Waals surface area contributed by atoms with Crippen LogP contribution in [0.2, 0.25) is 0 Å². The Morgan fingerprint density at radius 2 is 1.93 bits per heavy atom. The fourth-order valence-electron chi connectivity index (χ4n) is 3.45. The third kappa shape index (κ3) is 5.24. The van der Waals surface area contributed by atoms with Crippen molar-refractivity contribution in [2.45, 2.75) is 24.3 Å². The predicted octanol–water partition coefficient (Wildman–Crippen LogP) is 2.92. The second-order valence-electron chi connectivity index (χ2n) is 6.68. The average Bonchev–Trinajstić information content (AvgIpc) is 2.69. The van der Waals surface area contributed by atoms with Gasteiger partial charge in [0, 0.05) is 37.8 Å². The summed E-state index contributed by atoms with van der Waals surface area (Å²) in [7, 11) is -2.06. The summed E-state index contributed by atoms with van der Waals surface area (Å²) in [4.78, 5) is 12.4. The molecule has 8 nitrogen and oxygen atoms in total. The lowest BCUT2D eigenvalue weighted by molar-refractivity contribution is -0.384. The van der Waals surface area contributed by atoms with Crippen molar-refractivity contribution in [3.8, 4) is 5.75 Å². The summed E-state index contributed by atoms with van der Waals surface area (Å²) < 4.78 is 32.6. The highest BCUT2D eigenvalue weighted by Gasteiger charge is 2.24. The molecule has 2 aromatic rings. The highest BCUT2D eigenvalue weighted by Crippen LogP contribution is 2.31. The highest BCUT2D eigenvalue weighted by molar-refractivity contribution is 7.89. The van der Waals surface area contributed by atoms with Crippen LogP contribution in [0.5, 0.6) is 5.75 Å². The van der Waals surface area contributed by atoms with Crippen molar-refractivity contribution < 1.29 is 18.1 Å². The molecule has 1 aliphatic heterocycles. The third-order valence-corrected chi connectivity index (χ3v) is 6.54. The normalized spacial score (nSPS) is 16.6. The molecular formula is C19H24ClN3O5S. The number of nitrogens with zero attached hydrogens (tertiary/aromatic N) is 2. The molecule has 0 bridgehead atoms. The van der Waals surface area contributed by atoms with Crippen LogP contribution in [-0.2, 0) is 16.4 Å². The average molecular weight is 442 g/mol. The molecule has 2 aromatic carbocycles. The number of methoxy groups -OCH3 is 1. The second-order valence-corrected chi connectivity index (χ2v) is 8.44. The van der Waals surface area contributed by atoms with Gasteiger partial charge in [0.2, 0.25) is 10.0 Å². The summed E-state index contributed by atoms with van der Waals surface area (Å²) in [5, 5.41) is 10.7. The number of fused-ring (bicyclic) bond motifs is 1. The zero-order valence-corrected chi connectivity index (χ0v) is 17.8. The summed E-state index contributed by atoms with van der Waals surface area (Å²) in [5.74, 6) is 0.843. The van der Waals surface area contributed by atoms with E-state index in [1.807, 2.05) is 6.07 Å². The van der Waals surface area contributed by atoms with E-state index in [1.165, 1.54) is 35.4 Å². The van der Waals surface area contributed by atoms with Gasteiger partial charge < -0.3 is 4.74 Å². The second kappa shape index (κ2) is 9.53. The van der Waals surface area contributed by atoms with Gasteiger partial charge >= 0.3 is 0 Å². The van der Waals surface area contributed by atoms with Crippen LogP contribution in [0.1, 0.15) is 24.1 Å². The first kappa shape index (κ1) is 23.1. The van der Waals surface area contributed by atoms with Crippen molar-refractivity contribution in [1.82, 2.24) is 9.62 Å². The van der Waals surface area contributed by atoms with Gasteiger partial charge in [-0.15, -0.1) is 12.4 Å². The molecule has 0 saturated heterocycles. The number of sulfonamides is 1. The Morgan fingerprint density at radius 3 is 2.55 bits per heavy atom. The zero-order chi connectivity index (χ0) is 20.3. The van der Waals surface area contributed by atoms with Crippen molar-refractivity contribution in [2.75, 3.05) is 26.7 Å². The van der Waals surface area contributed by atoms with Crippen LogP contribution in [0, 0.1) is 10.1 Å². The standard InChI is InChI=1S/C19H23N3O5S.ClH/c1-14-19-8-5-17(27-2)13-15(19)9-11-21(14)12-10-20-28(25,26)18-6-3-16(4-7-18)22(23)24;/h3-8,13-14,20H,9-12H2,1-2H3;1H. The van der Waals surface area contributed by atoms with Gasteiger partial charge in [0.15, 0.2) is 0 Å². The lowest BCUT2D eigenvalue weighted by Gasteiger charge is -2.35. The SMILES string of the molecule is COc1ccc2c(c1)CCN(CCNS(=O)(=O)c1ccc([N+](=O)[O-])cc1)C2C.Cl. The maximum Gasteiger partial charge on any atom is 0.269 e. The van der Waals surface area contributed by atoms with E-state index < -0.39 is 14.9 Å². The van der Waals surface area contributed by atoms with Crippen LogP contribution >= 0.6 is 12.4 Å². The molecule has 0 spiro atoms. The van der Waals surface area contributed by atoms with Gasteiger partial charge in [-0.1, -0.05) is 6.07 Å². The fourth-order valence-corrected chi connectivity index (χ4v) is 4.47. The molecule has 0 aromatic heterocycles. The minimum Gasteiger partial charge on any atom is -0.497 e. The van der Waals surface area contributed by atoms with E-state index in [9.17, 15) is 18.5 Å². The third-order valence-electron chi connectivity index (χ3n) is 5.07. The van der Waals surface area contributed by atoms with E-state index >= 15 is 0 Å². The summed E-state index contributed by atoms with van der Waals surface area (Å²) in [6.45, 7) is 3.77. The van der Waals surface area contributed by atoms with Crippen molar-refractivity contribution in [3.63, 3.8) is 0 Å². The summed E-state index contributed by atoms with van der Waals surface area (Å²) in [6, 6.07) is 11.1.